The smallest absolute Gasteiger partial charge is 0.335 e. The molecule has 1 N–H and O–H groups in total. The van der Waals surface area contributed by atoms with Crippen molar-refractivity contribution in [2.75, 3.05) is 13.7 Å². The number of carbonyl (C=O) groups is 1. The molecular formula is C12H15NO4. The van der Waals surface area contributed by atoms with Crippen LogP contribution in [0.5, 0.6) is 5.75 Å². The van der Waals surface area contributed by atoms with Crippen molar-refractivity contribution in [1.29, 1.82) is 0 Å². The number of hydrogen-bond acceptors (Lipinski definition) is 4. The Morgan fingerprint density at radius 2 is 2.12 bits per heavy atom. The number of nitrogens with zero attached hydrogens (tertiary/aromatic N) is 1. The molecule has 1 aliphatic rings. The Labute approximate surface area is 99.5 Å². The van der Waals surface area contributed by atoms with Gasteiger partial charge in [-0.2, -0.15) is 0 Å². The van der Waals surface area contributed by atoms with Crippen LogP contribution < -0.4 is 4.84 Å². The predicted octanol–water partition coefficient (Wildman–Crippen LogP) is 1.75. The van der Waals surface area contributed by atoms with Crippen molar-refractivity contribution in [2.45, 2.75) is 19.1 Å². The van der Waals surface area contributed by atoms with Gasteiger partial charge in [-0.25, -0.2) is 4.79 Å². The van der Waals surface area contributed by atoms with Crippen LogP contribution in [-0.4, -0.2) is 36.0 Å². The largest absolute Gasteiger partial charge is 0.478 e. The van der Waals surface area contributed by atoms with Crippen LogP contribution in [0.15, 0.2) is 24.3 Å². The molecule has 0 radical (unpaired) electrons. The molecule has 1 aliphatic heterocycles. The third-order valence-electron chi connectivity index (χ3n) is 2.75. The number of methoxy groups -OCH3 is 1. The minimum atomic E-state index is -0.938. The average Bonchev–Trinajstić information content (AvgIpc) is 2.77. The molecule has 1 aromatic carbocycles. The summed E-state index contributed by atoms with van der Waals surface area (Å²) in [4.78, 5) is 16.3. The van der Waals surface area contributed by atoms with E-state index in [1.165, 1.54) is 12.1 Å². The van der Waals surface area contributed by atoms with Crippen molar-refractivity contribution in [3.63, 3.8) is 0 Å². The van der Waals surface area contributed by atoms with Gasteiger partial charge >= 0.3 is 5.97 Å². The molecule has 5 nitrogen and oxygen atoms in total. The summed E-state index contributed by atoms with van der Waals surface area (Å²) >= 11 is 0. The standard InChI is InChI=1S/C12H15NO4/c1-16-11-3-2-8-13(11)17-10-6-4-9(5-7-10)12(14)15/h4-7,11H,2-3,8H2,1H3,(H,14,15). The molecular weight excluding hydrogens is 222 g/mol. The molecule has 0 amide bonds. The molecule has 0 spiro atoms. The van der Waals surface area contributed by atoms with Crippen LogP contribution in [0.3, 0.4) is 0 Å². The Balaban J connectivity index is 2.01. The second kappa shape index (κ2) is 5.16. The molecule has 1 saturated heterocycles. The number of benzene rings is 1. The van der Waals surface area contributed by atoms with Gasteiger partial charge in [-0.3, -0.25) is 0 Å². The van der Waals surface area contributed by atoms with E-state index in [1.54, 1.807) is 24.3 Å². The van der Waals surface area contributed by atoms with Gasteiger partial charge in [0.05, 0.1) is 5.56 Å². The number of hydroxylamine groups is 2. The summed E-state index contributed by atoms with van der Waals surface area (Å²) in [6.07, 6.45) is 1.96. The first kappa shape index (κ1) is 11.9. The number of hydrogen-bond donors (Lipinski definition) is 1. The van der Waals surface area contributed by atoms with E-state index in [1.807, 2.05) is 0 Å². The summed E-state index contributed by atoms with van der Waals surface area (Å²) in [6.45, 7) is 0.819. The number of carboxylic acid groups (broad SMARTS) is 1. The topological polar surface area (TPSA) is 59.0 Å². The predicted molar refractivity (Wildman–Crippen MR) is 60.8 cm³/mol. The van der Waals surface area contributed by atoms with E-state index in [0.717, 1.165) is 19.4 Å². The first-order valence-electron chi connectivity index (χ1n) is 5.51. The van der Waals surface area contributed by atoms with E-state index in [0.29, 0.717) is 5.75 Å². The van der Waals surface area contributed by atoms with E-state index >= 15 is 0 Å². The first-order valence-corrected chi connectivity index (χ1v) is 5.51. The molecule has 1 atom stereocenters. The van der Waals surface area contributed by atoms with E-state index in [-0.39, 0.29) is 11.8 Å². The van der Waals surface area contributed by atoms with Gasteiger partial charge in [0.15, 0.2) is 0 Å². The van der Waals surface area contributed by atoms with Gasteiger partial charge in [0, 0.05) is 13.7 Å². The molecule has 2 rings (SSSR count). The third kappa shape index (κ3) is 2.75. The lowest BCUT2D eigenvalue weighted by atomic mass is 10.2. The highest BCUT2D eigenvalue weighted by Gasteiger charge is 2.25. The van der Waals surface area contributed by atoms with Gasteiger partial charge in [-0.15, -0.1) is 5.06 Å². The Morgan fingerprint density at radius 3 is 2.71 bits per heavy atom. The van der Waals surface area contributed by atoms with Crippen molar-refractivity contribution in [1.82, 2.24) is 5.06 Å². The second-order valence-corrected chi connectivity index (χ2v) is 3.89. The van der Waals surface area contributed by atoms with Crippen molar-refractivity contribution in [2.24, 2.45) is 0 Å². The van der Waals surface area contributed by atoms with Gasteiger partial charge in [-0.1, -0.05) is 0 Å². The summed E-state index contributed by atoms with van der Waals surface area (Å²) < 4.78 is 5.26. The van der Waals surface area contributed by atoms with Crippen LogP contribution in [0.25, 0.3) is 0 Å². The zero-order chi connectivity index (χ0) is 12.3. The van der Waals surface area contributed by atoms with Gasteiger partial charge in [0.1, 0.15) is 12.0 Å². The zero-order valence-electron chi connectivity index (χ0n) is 9.63. The van der Waals surface area contributed by atoms with E-state index in [4.69, 9.17) is 14.7 Å². The van der Waals surface area contributed by atoms with Crippen LogP contribution in [0, 0.1) is 0 Å². The van der Waals surface area contributed by atoms with Crippen molar-refractivity contribution >= 4 is 5.97 Å². The summed E-state index contributed by atoms with van der Waals surface area (Å²) in [7, 11) is 1.65. The highest BCUT2D eigenvalue weighted by atomic mass is 16.7. The summed E-state index contributed by atoms with van der Waals surface area (Å²) in [6, 6.07) is 6.34. The molecule has 0 aliphatic carbocycles. The van der Waals surface area contributed by atoms with Gasteiger partial charge < -0.3 is 14.7 Å². The van der Waals surface area contributed by atoms with Crippen molar-refractivity contribution in [3.8, 4) is 5.75 Å². The highest BCUT2D eigenvalue weighted by molar-refractivity contribution is 5.87. The lowest BCUT2D eigenvalue weighted by Gasteiger charge is -2.22. The Bertz CT molecular complexity index is 390. The second-order valence-electron chi connectivity index (χ2n) is 3.89. The summed E-state index contributed by atoms with van der Waals surface area (Å²) in [5.74, 6) is -0.313. The molecule has 5 heteroatoms. The van der Waals surface area contributed by atoms with Gasteiger partial charge in [0.25, 0.3) is 0 Å². The van der Waals surface area contributed by atoms with Crippen LogP contribution in [0.4, 0.5) is 0 Å². The lowest BCUT2D eigenvalue weighted by molar-refractivity contribution is -0.158. The van der Waals surface area contributed by atoms with Crippen LogP contribution >= 0.6 is 0 Å². The first-order chi connectivity index (χ1) is 8.20. The van der Waals surface area contributed by atoms with Gasteiger partial charge in [-0.05, 0) is 37.1 Å². The maximum Gasteiger partial charge on any atom is 0.335 e. The molecule has 92 valence electrons. The molecule has 0 aromatic heterocycles. The maximum absolute atomic E-state index is 10.7. The monoisotopic (exact) mass is 237 g/mol. The average molecular weight is 237 g/mol. The normalized spacial score (nSPS) is 20.4. The maximum atomic E-state index is 10.7. The molecule has 17 heavy (non-hydrogen) atoms. The van der Waals surface area contributed by atoms with Crippen LogP contribution in [0.1, 0.15) is 23.2 Å². The molecule has 1 unspecified atom stereocenters. The molecule has 1 heterocycles. The summed E-state index contributed by atoms with van der Waals surface area (Å²) in [5.41, 5.74) is 0.252. The van der Waals surface area contributed by atoms with Crippen molar-refractivity contribution in [3.05, 3.63) is 29.8 Å². The fourth-order valence-corrected chi connectivity index (χ4v) is 1.84. The van der Waals surface area contributed by atoms with E-state index < -0.39 is 5.97 Å². The SMILES string of the molecule is COC1CCCN1Oc1ccc(C(=O)O)cc1. The molecule has 0 bridgehead atoms. The third-order valence-corrected chi connectivity index (χ3v) is 2.75. The number of ether oxygens (including phenoxy) is 1. The summed E-state index contributed by atoms with van der Waals surface area (Å²) in [5, 5.41) is 10.5. The Hall–Kier alpha value is -1.59. The van der Waals surface area contributed by atoms with E-state index in [2.05, 4.69) is 0 Å². The zero-order valence-corrected chi connectivity index (χ0v) is 9.63. The molecule has 0 saturated carbocycles. The fraction of sp³-hybridized carbons (Fsp3) is 0.417. The van der Waals surface area contributed by atoms with Gasteiger partial charge in [0.2, 0.25) is 0 Å². The van der Waals surface area contributed by atoms with Crippen molar-refractivity contribution < 1.29 is 19.5 Å². The lowest BCUT2D eigenvalue weighted by Crippen LogP contribution is -2.33. The Kier molecular flexibility index (Phi) is 3.61. The minimum Gasteiger partial charge on any atom is -0.478 e. The molecule has 1 fully saturated rings. The number of rotatable bonds is 4. The number of aromatic carboxylic acids is 1. The quantitative estimate of drug-likeness (QED) is 0.864. The number of carboxylic acids is 1. The van der Waals surface area contributed by atoms with Crippen LogP contribution in [0.2, 0.25) is 0 Å². The molecule has 1 aromatic rings. The highest BCUT2D eigenvalue weighted by Crippen LogP contribution is 2.21. The fourth-order valence-electron chi connectivity index (χ4n) is 1.84. The Morgan fingerprint density at radius 1 is 1.41 bits per heavy atom. The minimum absolute atomic E-state index is 0.0193. The van der Waals surface area contributed by atoms with Crippen LogP contribution in [-0.2, 0) is 4.74 Å². The van der Waals surface area contributed by atoms with E-state index in [9.17, 15) is 4.79 Å².